The van der Waals surface area contributed by atoms with E-state index in [4.69, 9.17) is 0 Å². The molecular weight excluding hydrogens is 326 g/mol. The van der Waals surface area contributed by atoms with Crippen LogP contribution in [0.3, 0.4) is 0 Å². The molecule has 0 aliphatic carbocycles. The molecule has 0 bridgehead atoms. The second-order valence-corrected chi connectivity index (χ2v) is 4.71. The Morgan fingerprint density at radius 2 is 2.20 bits per heavy atom. The van der Waals surface area contributed by atoms with Gasteiger partial charge < -0.3 is 10.6 Å². The molecule has 0 unspecified atom stereocenters. The normalized spacial score (nSPS) is 10.1. The molecule has 0 saturated carbocycles. The average Bonchev–Trinajstić information content (AvgIpc) is 2.85. The zero-order valence-electron chi connectivity index (χ0n) is 10.6. The Kier molecular flexibility index (Phi) is 4.46. The lowest BCUT2D eigenvalue weighted by molar-refractivity contribution is -0.121. The molecule has 0 aromatic carbocycles. The fraction of sp³-hybridized carbons (Fsp3) is 0.167. The highest BCUT2D eigenvalue weighted by Crippen LogP contribution is 2.10. The fourth-order valence-electron chi connectivity index (χ4n) is 1.47. The molecule has 2 rings (SSSR count). The van der Waals surface area contributed by atoms with E-state index in [1.807, 2.05) is 0 Å². The van der Waals surface area contributed by atoms with Crippen LogP contribution in [0.2, 0.25) is 0 Å². The maximum Gasteiger partial charge on any atom is 0.274 e. The largest absolute Gasteiger partial charge is 0.358 e. The molecule has 2 amide bonds. The number of hydrogen-bond acceptors (Lipinski definition) is 4. The second-order valence-electron chi connectivity index (χ2n) is 3.90. The number of carbonyl (C=O) groups is 2. The first-order chi connectivity index (χ1) is 9.58. The zero-order chi connectivity index (χ0) is 14.5. The zero-order valence-corrected chi connectivity index (χ0v) is 12.2. The van der Waals surface area contributed by atoms with Crippen LogP contribution in [0, 0.1) is 0 Å². The third-order valence-corrected chi connectivity index (χ3v) is 2.86. The second kappa shape index (κ2) is 6.29. The molecule has 8 heteroatoms. The summed E-state index contributed by atoms with van der Waals surface area (Å²) in [5.41, 5.74) is 0.791. The van der Waals surface area contributed by atoms with Crippen LogP contribution in [0.15, 0.2) is 35.2 Å². The topological polar surface area (TPSA) is 88.9 Å². The molecule has 0 fully saturated rings. The molecule has 0 aliphatic rings. The highest BCUT2D eigenvalue weighted by Gasteiger charge is 2.10. The van der Waals surface area contributed by atoms with Gasteiger partial charge in [0.15, 0.2) is 0 Å². The summed E-state index contributed by atoms with van der Waals surface area (Å²) in [6.07, 6.45) is 3.05. The molecule has 0 radical (unpaired) electrons. The molecule has 0 atom stereocenters. The highest BCUT2D eigenvalue weighted by molar-refractivity contribution is 9.10. The van der Waals surface area contributed by atoms with Gasteiger partial charge in [-0.1, -0.05) is 6.07 Å². The number of halogens is 1. The summed E-state index contributed by atoms with van der Waals surface area (Å²) in [7, 11) is 1.55. The first-order valence-corrected chi connectivity index (χ1v) is 6.54. The Labute approximate surface area is 123 Å². The van der Waals surface area contributed by atoms with Crippen LogP contribution in [0.1, 0.15) is 10.5 Å². The molecule has 0 aliphatic heterocycles. The van der Waals surface area contributed by atoms with Gasteiger partial charge in [-0.25, -0.2) is 4.98 Å². The van der Waals surface area contributed by atoms with Crippen molar-refractivity contribution in [3.63, 3.8) is 0 Å². The van der Waals surface area contributed by atoms with E-state index in [1.54, 1.807) is 31.4 Å². The van der Waals surface area contributed by atoms with Crippen LogP contribution in [-0.4, -0.2) is 33.6 Å². The number of carbonyl (C=O) groups excluding carboxylic acids is 2. The number of amides is 2. The molecule has 7 nitrogen and oxygen atoms in total. The first-order valence-electron chi connectivity index (χ1n) is 5.75. The van der Waals surface area contributed by atoms with Gasteiger partial charge in [0, 0.05) is 13.2 Å². The fourth-order valence-corrected chi connectivity index (χ4v) is 1.81. The summed E-state index contributed by atoms with van der Waals surface area (Å²) in [5.74, 6) is -0.509. The van der Waals surface area contributed by atoms with Gasteiger partial charge in [-0.15, -0.1) is 0 Å². The van der Waals surface area contributed by atoms with Crippen LogP contribution in [0.25, 0.3) is 0 Å². The summed E-state index contributed by atoms with van der Waals surface area (Å²) in [6.45, 7) is 0.0987. The monoisotopic (exact) mass is 337 g/mol. The Hall–Kier alpha value is -2.22. The van der Waals surface area contributed by atoms with Gasteiger partial charge in [-0.3, -0.25) is 14.3 Å². The van der Waals surface area contributed by atoms with Gasteiger partial charge in [0.2, 0.25) is 5.91 Å². The van der Waals surface area contributed by atoms with Crippen LogP contribution in [-0.2, 0) is 11.3 Å². The van der Waals surface area contributed by atoms with Crippen molar-refractivity contribution in [1.29, 1.82) is 0 Å². The van der Waals surface area contributed by atoms with Gasteiger partial charge in [0.25, 0.3) is 5.91 Å². The van der Waals surface area contributed by atoms with E-state index in [2.05, 4.69) is 36.6 Å². The van der Waals surface area contributed by atoms with Crippen molar-refractivity contribution in [2.75, 3.05) is 12.4 Å². The lowest BCUT2D eigenvalue weighted by Crippen LogP contribution is -2.23. The summed E-state index contributed by atoms with van der Waals surface area (Å²) in [4.78, 5) is 27.2. The predicted molar refractivity (Wildman–Crippen MR) is 76.2 cm³/mol. The lowest BCUT2D eigenvalue weighted by Gasteiger charge is -2.02. The number of aromatic nitrogens is 3. The molecule has 0 spiro atoms. The van der Waals surface area contributed by atoms with E-state index in [0.717, 1.165) is 0 Å². The molecule has 104 valence electrons. The van der Waals surface area contributed by atoms with Gasteiger partial charge >= 0.3 is 0 Å². The number of hydrogen-bond donors (Lipinski definition) is 2. The number of anilines is 1. The van der Waals surface area contributed by atoms with Crippen molar-refractivity contribution in [2.45, 2.75) is 6.54 Å². The van der Waals surface area contributed by atoms with Crippen molar-refractivity contribution in [1.82, 2.24) is 20.1 Å². The Balaban J connectivity index is 2.03. The molecule has 2 aromatic rings. The highest BCUT2D eigenvalue weighted by atomic mass is 79.9. The molecule has 20 heavy (non-hydrogen) atoms. The summed E-state index contributed by atoms with van der Waals surface area (Å²) >= 11 is 3.20. The lowest BCUT2D eigenvalue weighted by atomic mass is 10.3. The van der Waals surface area contributed by atoms with Crippen LogP contribution >= 0.6 is 15.9 Å². The number of pyridine rings is 1. The van der Waals surface area contributed by atoms with E-state index < -0.39 is 0 Å². The smallest absolute Gasteiger partial charge is 0.274 e. The minimum absolute atomic E-state index is 0.0987. The van der Waals surface area contributed by atoms with Gasteiger partial charge in [-0.2, -0.15) is 5.10 Å². The maximum atomic E-state index is 11.9. The molecular formula is C12H12BrN5O2. The number of nitrogens with one attached hydrogen (secondary N) is 2. The van der Waals surface area contributed by atoms with Crippen molar-refractivity contribution < 1.29 is 9.59 Å². The Morgan fingerprint density at radius 3 is 2.90 bits per heavy atom. The van der Waals surface area contributed by atoms with Crippen LogP contribution < -0.4 is 10.6 Å². The Bertz CT molecular complexity index is 640. The average molecular weight is 338 g/mol. The van der Waals surface area contributed by atoms with E-state index >= 15 is 0 Å². The number of nitrogens with zero attached hydrogens (tertiary/aromatic N) is 3. The summed E-state index contributed by atoms with van der Waals surface area (Å²) < 4.78 is 2.02. The van der Waals surface area contributed by atoms with Crippen molar-refractivity contribution in [3.8, 4) is 0 Å². The SMILES string of the molecule is CNC(=O)Cn1cc(NC(=O)c2cccc(Br)n2)cn1. The maximum absolute atomic E-state index is 11.9. The van der Waals surface area contributed by atoms with Gasteiger partial charge in [0.1, 0.15) is 16.8 Å². The molecule has 0 saturated heterocycles. The van der Waals surface area contributed by atoms with Gasteiger partial charge in [0.05, 0.1) is 11.9 Å². The summed E-state index contributed by atoms with van der Waals surface area (Å²) in [6, 6.07) is 5.06. The standard InChI is InChI=1S/C12H12BrN5O2/c1-14-11(19)7-18-6-8(5-15-18)16-12(20)9-3-2-4-10(13)17-9/h2-6H,7H2,1H3,(H,14,19)(H,16,20). The van der Waals surface area contributed by atoms with E-state index in [1.165, 1.54) is 10.9 Å². The van der Waals surface area contributed by atoms with Crippen LogP contribution in [0.5, 0.6) is 0 Å². The minimum atomic E-state index is -0.342. The third kappa shape index (κ3) is 3.64. The van der Waals surface area contributed by atoms with Gasteiger partial charge in [-0.05, 0) is 28.1 Å². The third-order valence-electron chi connectivity index (χ3n) is 2.42. The first kappa shape index (κ1) is 14.2. The van der Waals surface area contributed by atoms with E-state index in [9.17, 15) is 9.59 Å². The Morgan fingerprint density at radius 1 is 1.40 bits per heavy atom. The van der Waals surface area contributed by atoms with E-state index in [-0.39, 0.29) is 18.4 Å². The quantitative estimate of drug-likeness (QED) is 0.816. The van der Waals surface area contributed by atoms with Crippen molar-refractivity contribution in [3.05, 3.63) is 40.9 Å². The minimum Gasteiger partial charge on any atom is -0.358 e. The number of rotatable bonds is 4. The summed E-state index contributed by atoms with van der Waals surface area (Å²) in [5, 5.41) is 9.13. The predicted octanol–water partition coefficient (Wildman–Crippen LogP) is 1.04. The van der Waals surface area contributed by atoms with E-state index in [0.29, 0.717) is 16.0 Å². The number of likely N-dealkylation sites (N-methyl/N-ethyl adjacent to an activating group) is 1. The molecule has 2 heterocycles. The van der Waals surface area contributed by atoms with Crippen LogP contribution in [0.4, 0.5) is 5.69 Å². The molecule has 2 N–H and O–H groups in total. The van der Waals surface area contributed by atoms with Crippen molar-refractivity contribution in [2.24, 2.45) is 0 Å². The van der Waals surface area contributed by atoms with Crippen molar-refractivity contribution >= 4 is 33.4 Å². The molecule has 2 aromatic heterocycles.